The van der Waals surface area contributed by atoms with Gasteiger partial charge in [0.05, 0.1) is 25.5 Å². The van der Waals surface area contributed by atoms with Gasteiger partial charge in [0.1, 0.15) is 10.8 Å². The fraction of sp³-hybridized carbons (Fsp3) is 0.333. The number of morpholine rings is 1. The number of furan rings is 1. The van der Waals surface area contributed by atoms with Crippen molar-refractivity contribution in [3.8, 4) is 10.6 Å². The number of aromatic nitrogens is 1. The Hall–Kier alpha value is -2.48. The standard InChI is InChI=1S/C21H23N3O3S/c1-15-14-28-21(23-15)17-5-2-4-16(12-17)20(25)22-13-18(19-6-3-9-27-19)24-7-10-26-11-8-24/h2-6,9,12,14,18H,7-8,10-11,13H2,1H3,(H,22,25). The van der Waals surface area contributed by atoms with Crippen molar-refractivity contribution < 1.29 is 13.9 Å². The van der Waals surface area contributed by atoms with E-state index in [0.717, 1.165) is 35.1 Å². The maximum absolute atomic E-state index is 12.8. The summed E-state index contributed by atoms with van der Waals surface area (Å²) in [4.78, 5) is 19.6. The number of amides is 1. The Balaban J connectivity index is 1.46. The number of aryl methyl sites for hydroxylation is 1. The first-order valence-electron chi connectivity index (χ1n) is 9.36. The Labute approximate surface area is 168 Å². The molecule has 0 aliphatic carbocycles. The molecule has 4 rings (SSSR count). The van der Waals surface area contributed by atoms with E-state index in [4.69, 9.17) is 9.15 Å². The molecule has 28 heavy (non-hydrogen) atoms. The van der Waals surface area contributed by atoms with Crippen LogP contribution in [0.25, 0.3) is 10.6 Å². The number of nitrogens with one attached hydrogen (secondary N) is 1. The van der Waals surface area contributed by atoms with Gasteiger partial charge in [0.25, 0.3) is 5.91 Å². The second-order valence-electron chi connectivity index (χ2n) is 6.76. The van der Waals surface area contributed by atoms with Gasteiger partial charge in [0, 0.05) is 41.8 Å². The number of nitrogens with zero attached hydrogens (tertiary/aromatic N) is 2. The van der Waals surface area contributed by atoms with Crippen LogP contribution in [0.1, 0.15) is 27.9 Å². The summed E-state index contributed by atoms with van der Waals surface area (Å²) in [5.74, 6) is 0.758. The molecule has 1 saturated heterocycles. The summed E-state index contributed by atoms with van der Waals surface area (Å²) in [6.07, 6.45) is 1.67. The summed E-state index contributed by atoms with van der Waals surface area (Å²) >= 11 is 1.58. The van der Waals surface area contributed by atoms with Gasteiger partial charge in [0.2, 0.25) is 0 Å². The van der Waals surface area contributed by atoms with Crippen molar-refractivity contribution in [3.05, 3.63) is 65.1 Å². The number of carbonyl (C=O) groups is 1. The third-order valence-corrected chi connectivity index (χ3v) is 5.81. The molecule has 1 amide bonds. The summed E-state index contributed by atoms with van der Waals surface area (Å²) in [5, 5.41) is 6.01. The van der Waals surface area contributed by atoms with E-state index in [9.17, 15) is 4.79 Å². The highest BCUT2D eigenvalue weighted by molar-refractivity contribution is 7.13. The molecule has 3 aromatic rings. The highest BCUT2D eigenvalue weighted by atomic mass is 32.1. The lowest BCUT2D eigenvalue weighted by Gasteiger charge is -2.33. The molecule has 1 aliphatic heterocycles. The SMILES string of the molecule is Cc1csc(-c2cccc(C(=O)NCC(c3ccco3)N3CCOCC3)c2)n1. The van der Waals surface area contributed by atoms with Gasteiger partial charge in [-0.05, 0) is 31.2 Å². The smallest absolute Gasteiger partial charge is 0.251 e. The van der Waals surface area contributed by atoms with E-state index in [0.29, 0.717) is 25.3 Å². The molecular weight excluding hydrogens is 374 g/mol. The summed E-state index contributed by atoms with van der Waals surface area (Å²) in [6, 6.07) is 11.4. The third-order valence-electron chi connectivity index (χ3n) is 4.80. The van der Waals surface area contributed by atoms with Crippen LogP contribution < -0.4 is 5.32 Å². The van der Waals surface area contributed by atoms with E-state index in [1.54, 1.807) is 17.6 Å². The van der Waals surface area contributed by atoms with Crippen LogP contribution in [0, 0.1) is 6.92 Å². The zero-order valence-electron chi connectivity index (χ0n) is 15.8. The number of carbonyl (C=O) groups excluding carboxylic acids is 1. The topological polar surface area (TPSA) is 67.6 Å². The summed E-state index contributed by atoms with van der Waals surface area (Å²) in [5.41, 5.74) is 2.58. The van der Waals surface area contributed by atoms with Gasteiger partial charge in [0.15, 0.2) is 0 Å². The minimum atomic E-state index is -0.0973. The maximum Gasteiger partial charge on any atom is 0.251 e. The average Bonchev–Trinajstić information content (AvgIpc) is 3.41. The van der Waals surface area contributed by atoms with Gasteiger partial charge in [-0.1, -0.05) is 12.1 Å². The molecule has 0 spiro atoms. The van der Waals surface area contributed by atoms with E-state index in [2.05, 4.69) is 15.2 Å². The van der Waals surface area contributed by atoms with Crippen LogP contribution in [0.4, 0.5) is 0 Å². The van der Waals surface area contributed by atoms with Crippen LogP contribution in [-0.2, 0) is 4.74 Å². The summed E-state index contributed by atoms with van der Waals surface area (Å²) < 4.78 is 11.1. The molecule has 0 bridgehead atoms. The van der Waals surface area contributed by atoms with E-state index >= 15 is 0 Å². The number of benzene rings is 1. The molecule has 3 heterocycles. The molecular formula is C21H23N3O3S. The maximum atomic E-state index is 12.8. The van der Waals surface area contributed by atoms with Crippen molar-refractivity contribution in [3.63, 3.8) is 0 Å². The molecule has 1 aliphatic rings. The van der Waals surface area contributed by atoms with Gasteiger partial charge in [-0.2, -0.15) is 0 Å². The van der Waals surface area contributed by atoms with E-state index in [-0.39, 0.29) is 11.9 Å². The normalized spacial score (nSPS) is 16.0. The first kappa shape index (κ1) is 18.9. The molecule has 1 fully saturated rings. The molecule has 0 radical (unpaired) electrons. The van der Waals surface area contributed by atoms with Crippen molar-refractivity contribution in [2.45, 2.75) is 13.0 Å². The highest BCUT2D eigenvalue weighted by Crippen LogP contribution is 2.25. The Morgan fingerprint density at radius 2 is 2.14 bits per heavy atom. The lowest BCUT2D eigenvalue weighted by atomic mass is 10.1. The van der Waals surface area contributed by atoms with E-state index < -0.39 is 0 Å². The molecule has 146 valence electrons. The van der Waals surface area contributed by atoms with Crippen molar-refractivity contribution in [1.82, 2.24) is 15.2 Å². The molecule has 2 aromatic heterocycles. The molecule has 0 saturated carbocycles. The lowest BCUT2D eigenvalue weighted by Crippen LogP contribution is -2.43. The second kappa shape index (κ2) is 8.68. The van der Waals surface area contributed by atoms with Gasteiger partial charge >= 0.3 is 0 Å². The highest BCUT2D eigenvalue weighted by Gasteiger charge is 2.25. The minimum absolute atomic E-state index is 0.00681. The third kappa shape index (κ3) is 4.32. The first-order valence-corrected chi connectivity index (χ1v) is 10.2. The van der Waals surface area contributed by atoms with Crippen LogP contribution in [0.2, 0.25) is 0 Å². The number of hydrogen-bond acceptors (Lipinski definition) is 6. The Bertz CT molecular complexity index is 917. The first-order chi connectivity index (χ1) is 13.7. The quantitative estimate of drug-likeness (QED) is 0.689. The van der Waals surface area contributed by atoms with E-state index in [1.807, 2.05) is 48.7 Å². The predicted molar refractivity (Wildman–Crippen MR) is 108 cm³/mol. The zero-order valence-corrected chi connectivity index (χ0v) is 16.6. The summed E-state index contributed by atoms with van der Waals surface area (Å²) in [7, 11) is 0. The van der Waals surface area contributed by atoms with E-state index in [1.165, 1.54) is 0 Å². The molecule has 1 atom stereocenters. The monoisotopic (exact) mass is 397 g/mol. The number of rotatable bonds is 6. The van der Waals surface area contributed by atoms with Crippen molar-refractivity contribution in [2.24, 2.45) is 0 Å². The van der Waals surface area contributed by atoms with Crippen LogP contribution in [-0.4, -0.2) is 48.6 Å². The van der Waals surface area contributed by atoms with Crippen LogP contribution in [0.5, 0.6) is 0 Å². The predicted octanol–water partition coefficient (Wildman–Crippen LogP) is 3.51. The molecule has 1 N–H and O–H groups in total. The fourth-order valence-corrected chi connectivity index (χ4v) is 4.15. The number of hydrogen-bond donors (Lipinski definition) is 1. The molecule has 1 aromatic carbocycles. The second-order valence-corrected chi connectivity index (χ2v) is 7.62. The van der Waals surface area contributed by atoms with Crippen molar-refractivity contribution in [2.75, 3.05) is 32.8 Å². The van der Waals surface area contributed by atoms with Crippen LogP contribution in [0.3, 0.4) is 0 Å². The lowest BCUT2D eigenvalue weighted by molar-refractivity contribution is 0.0118. The molecule has 1 unspecified atom stereocenters. The fourth-order valence-electron chi connectivity index (χ4n) is 3.35. The Morgan fingerprint density at radius 1 is 1.29 bits per heavy atom. The number of thiazole rings is 1. The Morgan fingerprint density at radius 3 is 2.86 bits per heavy atom. The molecule has 7 heteroatoms. The average molecular weight is 398 g/mol. The van der Waals surface area contributed by atoms with Gasteiger partial charge in [-0.25, -0.2) is 4.98 Å². The largest absolute Gasteiger partial charge is 0.468 e. The zero-order chi connectivity index (χ0) is 19.3. The van der Waals surface area contributed by atoms with Gasteiger partial charge in [-0.3, -0.25) is 9.69 Å². The van der Waals surface area contributed by atoms with Crippen molar-refractivity contribution in [1.29, 1.82) is 0 Å². The summed E-state index contributed by atoms with van der Waals surface area (Å²) in [6.45, 7) is 5.48. The minimum Gasteiger partial charge on any atom is -0.468 e. The Kier molecular flexibility index (Phi) is 5.85. The van der Waals surface area contributed by atoms with Crippen LogP contribution >= 0.6 is 11.3 Å². The van der Waals surface area contributed by atoms with Crippen LogP contribution in [0.15, 0.2) is 52.5 Å². The van der Waals surface area contributed by atoms with Gasteiger partial charge in [-0.15, -0.1) is 11.3 Å². The molecule has 6 nitrogen and oxygen atoms in total. The number of ether oxygens (including phenoxy) is 1. The van der Waals surface area contributed by atoms with Crippen molar-refractivity contribution >= 4 is 17.2 Å². The van der Waals surface area contributed by atoms with Gasteiger partial charge < -0.3 is 14.5 Å².